The first-order valence-electron chi connectivity index (χ1n) is 8.59. The van der Waals surface area contributed by atoms with Crippen LogP contribution in [0, 0.1) is 0 Å². The molecule has 1 fully saturated rings. The van der Waals surface area contributed by atoms with Crippen molar-refractivity contribution in [3.8, 4) is 11.6 Å². The maximum absolute atomic E-state index is 12.7. The summed E-state index contributed by atoms with van der Waals surface area (Å²) in [5.74, 6) is 0.675. The first-order chi connectivity index (χ1) is 12.1. The lowest BCUT2D eigenvalue weighted by Gasteiger charge is -2.36. The molecule has 1 aliphatic carbocycles. The monoisotopic (exact) mass is 340 g/mol. The van der Waals surface area contributed by atoms with E-state index in [1.165, 1.54) is 12.8 Å². The normalized spacial score (nSPS) is 16.0. The van der Waals surface area contributed by atoms with Gasteiger partial charge in [-0.2, -0.15) is 0 Å². The van der Waals surface area contributed by atoms with Crippen LogP contribution in [0.25, 0.3) is 0 Å². The van der Waals surface area contributed by atoms with Crippen molar-refractivity contribution >= 4 is 5.91 Å². The largest absolute Gasteiger partial charge is 0.437 e. The standard InChI is InChI=1S/C19H24N4O2/c1-23(2)19(9-3-4-10-19)14-22-17(24)16-8-6-12-21-18(16)25-15-7-5-11-20-13-15/h5-8,11-13H,3-4,9-10,14H2,1-2H3,(H,22,24). The molecule has 2 aromatic rings. The molecule has 0 atom stereocenters. The highest BCUT2D eigenvalue weighted by atomic mass is 16.5. The molecule has 2 heterocycles. The van der Waals surface area contributed by atoms with Crippen LogP contribution in [0.4, 0.5) is 0 Å². The van der Waals surface area contributed by atoms with Gasteiger partial charge in [-0.1, -0.05) is 12.8 Å². The van der Waals surface area contributed by atoms with Crippen LogP contribution < -0.4 is 10.1 Å². The SMILES string of the molecule is CN(C)C1(CNC(=O)c2cccnc2Oc2cccnc2)CCCC1. The number of hydrogen-bond donors (Lipinski definition) is 1. The fraction of sp³-hybridized carbons (Fsp3) is 0.421. The van der Waals surface area contributed by atoms with Gasteiger partial charge in [0.25, 0.3) is 5.91 Å². The van der Waals surface area contributed by atoms with Gasteiger partial charge in [0, 0.05) is 24.5 Å². The molecular formula is C19H24N4O2. The van der Waals surface area contributed by atoms with Gasteiger partial charge in [-0.15, -0.1) is 0 Å². The number of pyridine rings is 2. The topological polar surface area (TPSA) is 67.4 Å². The van der Waals surface area contributed by atoms with E-state index < -0.39 is 0 Å². The van der Waals surface area contributed by atoms with E-state index in [9.17, 15) is 4.79 Å². The average Bonchev–Trinajstić information content (AvgIpc) is 3.11. The smallest absolute Gasteiger partial charge is 0.256 e. The zero-order valence-corrected chi connectivity index (χ0v) is 14.7. The van der Waals surface area contributed by atoms with Crippen LogP contribution in [0.15, 0.2) is 42.9 Å². The molecule has 6 nitrogen and oxygen atoms in total. The molecule has 0 saturated heterocycles. The Labute approximate surface area is 148 Å². The molecule has 2 aromatic heterocycles. The van der Waals surface area contributed by atoms with E-state index >= 15 is 0 Å². The molecule has 0 spiro atoms. The van der Waals surface area contributed by atoms with Crippen LogP contribution in [0.1, 0.15) is 36.0 Å². The molecule has 3 rings (SSSR count). The number of nitrogens with one attached hydrogen (secondary N) is 1. The number of carbonyl (C=O) groups is 1. The fourth-order valence-corrected chi connectivity index (χ4v) is 3.32. The van der Waals surface area contributed by atoms with Gasteiger partial charge >= 0.3 is 0 Å². The van der Waals surface area contributed by atoms with Crippen molar-refractivity contribution in [3.05, 3.63) is 48.4 Å². The van der Waals surface area contributed by atoms with Crippen molar-refractivity contribution < 1.29 is 9.53 Å². The van der Waals surface area contributed by atoms with Gasteiger partial charge in [0.05, 0.1) is 6.20 Å². The molecule has 1 amide bonds. The first-order valence-corrected chi connectivity index (χ1v) is 8.59. The molecule has 0 bridgehead atoms. The number of amides is 1. The van der Waals surface area contributed by atoms with E-state index in [0.29, 0.717) is 23.7 Å². The zero-order valence-electron chi connectivity index (χ0n) is 14.7. The lowest BCUT2D eigenvalue weighted by atomic mass is 9.96. The summed E-state index contributed by atoms with van der Waals surface area (Å²) in [5, 5.41) is 3.07. The van der Waals surface area contributed by atoms with Gasteiger partial charge < -0.3 is 15.0 Å². The Morgan fingerprint density at radius 2 is 2.00 bits per heavy atom. The van der Waals surface area contributed by atoms with Crippen LogP contribution in [0.2, 0.25) is 0 Å². The van der Waals surface area contributed by atoms with Crippen molar-refractivity contribution in [3.63, 3.8) is 0 Å². The quantitative estimate of drug-likeness (QED) is 0.876. The van der Waals surface area contributed by atoms with Gasteiger partial charge in [-0.3, -0.25) is 9.78 Å². The van der Waals surface area contributed by atoms with Crippen molar-refractivity contribution in [1.82, 2.24) is 20.2 Å². The summed E-state index contributed by atoms with van der Waals surface area (Å²) < 4.78 is 5.73. The van der Waals surface area contributed by atoms with Gasteiger partial charge in [0.1, 0.15) is 11.3 Å². The first kappa shape index (κ1) is 17.4. The number of hydrogen-bond acceptors (Lipinski definition) is 5. The van der Waals surface area contributed by atoms with Crippen molar-refractivity contribution in [1.29, 1.82) is 0 Å². The third-order valence-electron chi connectivity index (χ3n) is 4.93. The number of aromatic nitrogens is 2. The Morgan fingerprint density at radius 3 is 2.68 bits per heavy atom. The number of likely N-dealkylation sites (N-methyl/N-ethyl adjacent to an activating group) is 1. The molecule has 0 aromatic carbocycles. The minimum Gasteiger partial charge on any atom is -0.437 e. The van der Waals surface area contributed by atoms with Gasteiger partial charge in [0.15, 0.2) is 0 Å². The Morgan fingerprint density at radius 1 is 1.24 bits per heavy atom. The molecule has 0 unspecified atom stereocenters. The van der Waals surface area contributed by atoms with E-state index in [-0.39, 0.29) is 11.4 Å². The van der Waals surface area contributed by atoms with E-state index in [4.69, 9.17) is 4.74 Å². The lowest BCUT2D eigenvalue weighted by molar-refractivity contribution is 0.0897. The van der Waals surface area contributed by atoms with Gasteiger partial charge in [-0.25, -0.2) is 4.98 Å². The van der Waals surface area contributed by atoms with E-state index in [1.807, 2.05) is 0 Å². The van der Waals surface area contributed by atoms with Crippen LogP contribution in [-0.4, -0.2) is 47.0 Å². The van der Waals surface area contributed by atoms with Crippen molar-refractivity contribution in [2.75, 3.05) is 20.6 Å². The highest BCUT2D eigenvalue weighted by Gasteiger charge is 2.36. The Bertz CT molecular complexity index is 712. The predicted molar refractivity (Wildman–Crippen MR) is 95.8 cm³/mol. The molecule has 0 aliphatic heterocycles. The Kier molecular flexibility index (Phi) is 5.28. The summed E-state index contributed by atoms with van der Waals surface area (Å²) in [6.07, 6.45) is 9.49. The Hall–Kier alpha value is -2.47. The number of nitrogens with zero attached hydrogens (tertiary/aromatic N) is 3. The molecule has 25 heavy (non-hydrogen) atoms. The van der Waals surface area contributed by atoms with Crippen LogP contribution in [-0.2, 0) is 0 Å². The second-order valence-corrected chi connectivity index (χ2v) is 6.66. The van der Waals surface area contributed by atoms with Crippen LogP contribution in [0.3, 0.4) is 0 Å². The molecule has 1 saturated carbocycles. The van der Waals surface area contributed by atoms with Crippen LogP contribution in [0.5, 0.6) is 11.6 Å². The Balaban J connectivity index is 1.72. The van der Waals surface area contributed by atoms with E-state index in [2.05, 4.69) is 34.3 Å². The van der Waals surface area contributed by atoms with E-state index in [0.717, 1.165) is 12.8 Å². The zero-order chi connectivity index (χ0) is 17.7. The third kappa shape index (κ3) is 3.96. The molecule has 6 heteroatoms. The summed E-state index contributed by atoms with van der Waals surface area (Å²) in [6, 6.07) is 7.02. The van der Waals surface area contributed by atoms with E-state index in [1.54, 1.807) is 42.9 Å². The number of ether oxygens (including phenoxy) is 1. The number of carbonyl (C=O) groups excluding carboxylic acids is 1. The summed E-state index contributed by atoms with van der Waals surface area (Å²) in [4.78, 5) is 23.2. The van der Waals surface area contributed by atoms with Crippen LogP contribution >= 0.6 is 0 Å². The van der Waals surface area contributed by atoms with Gasteiger partial charge in [0.2, 0.25) is 5.88 Å². The summed E-state index contributed by atoms with van der Waals surface area (Å²) in [6.45, 7) is 0.625. The second-order valence-electron chi connectivity index (χ2n) is 6.66. The number of rotatable bonds is 6. The van der Waals surface area contributed by atoms with Gasteiger partial charge in [-0.05, 0) is 51.2 Å². The van der Waals surface area contributed by atoms with Crippen molar-refractivity contribution in [2.24, 2.45) is 0 Å². The molecule has 0 radical (unpaired) electrons. The highest BCUT2D eigenvalue weighted by Crippen LogP contribution is 2.33. The predicted octanol–water partition coefficient (Wildman–Crippen LogP) is 2.87. The molecule has 1 N–H and O–H groups in total. The molecule has 1 aliphatic rings. The molecule has 132 valence electrons. The summed E-state index contributed by atoms with van der Waals surface area (Å²) in [7, 11) is 4.16. The maximum Gasteiger partial charge on any atom is 0.256 e. The minimum absolute atomic E-state index is 0.0439. The third-order valence-corrected chi connectivity index (χ3v) is 4.93. The summed E-state index contributed by atoms with van der Waals surface area (Å²) >= 11 is 0. The molecular weight excluding hydrogens is 316 g/mol. The average molecular weight is 340 g/mol. The second kappa shape index (κ2) is 7.61. The fourth-order valence-electron chi connectivity index (χ4n) is 3.32. The lowest BCUT2D eigenvalue weighted by Crippen LogP contribution is -2.50. The summed E-state index contributed by atoms with van der Waals surface area (Å²) in [5.41, 5.74) is 0.473. The highest BCUT2D eigenvalue weighted by molar-refractivity contribution is 5.96. The maximum atomic E-state index is 12.7. The minimum atomic E-state index is -0.167. The van der Waals surface area contributed by atoms with Crippen molar-refractivity contribution in [2.45, 2.75) is 31.2 Å².